The summed E-state index contributed by atoms with van der Waals surface area (Å²) in [6.45, 7) is 0. The lowest BCUT2D eigenvalue weighted by atomic mass is 10.2. The molecule has 0 saturated heterocycles. The average Bonchev–Trinajstić information content (AvgIpc) is 2.18. The highest BCUT2D eigenvalue weighted by atomic mass is 35.5. The molecule has 0 atom stereocenters. The van der Waals surface area contributed by atoms with E-state index in [9.17, 15) is 9.59 Å². The van der Waals surface area contributed by atoms with Crippen molar-refractivity contribution in [3.8, 4) is 0 Å². The van der Waals surface area contributed by atoms with Crippen molar-refractivity contribution in [2.24, 2.45) is 0 Å². The lowest BCUT2D eigenvalue weighted by molar-refractivity contribution is -0.159. The number of hydrogen-bond acceptors (Lipinski definition) is 3. The second kappa shape index (κ2) is 10.2. The molecular formula is C10H16Cl2O3. The molecule has 0 aromatic heterocycles. The number of esters is 2. The summed E-state index contributed by atoms with van der Waals surface area (Å²) >= 11 is 10.9. The fourth-order valence-electron chi connectivity index (χ4n) is 0.957. The van der Waals surface area contributed by atoms with Crippen molar-refractivity contribution in [2.75, 3.05) is 11.8 Å². The van der Waals surface area contributed by atoms with Crippen LogP contribution in [0.5, 0.6) is 0 Å². The molecule has 0 aromatic carbocycles. The Kier molecular flexibility index (Phi) is 10.1. The monoisotopic (exact) mass is 254 g/mol. The van der Waals surface area contributed by atoms with Crippen molar-refractivity contribution in [2.45, 2.75) is 38.5 Å². The summed E-state index contributed by atoms with van der Waals surface area (Å²) in [6.07, 6.45) is 3.37. The molecule has 0 aromatic rings. The van der Waals surface area contributed by atoms with Gasteiger partial charge in [-0.15, -0.1) is 23.2 Å². The summed E-state index contributed by atoms with van der Waals surface area (Å²) in [5.41, 5.74) is 0. The van der Waals surface area contributed by atoms with E-state index >= 15 is 0 Å². The van der Waals surface area contributed by atoms with Gasteiger partial charge in [-0.2, -0.15) is 0 Å². The zero-order valence-electron chi connectivity index (χ0n) is 8.64. The summed E-state index contributed by atoms with van der Waals surface area (Å²) in [6, 6.07) is 0. The second-order valence-corrected chi connectivity index (χ2v) is 3.89. The van der Waals surface area contributed by atoms with Gasteiger partial charge in [0, 0.05) is 24.6 Å². The van der Waals surface area contributed by atoms with Crippen LogP contribution in [0.1, 0.15) is 38.5 Å². The maximum absolute atomic E-state index is 11.0. The first-order chi connectivity index (χ1) is 7.20. The van der Waals surface area contributed by atoms with E-state index in [0.717, 1.165) is 12.8 Å². The highest BCUT2D eigenvalue weighted by molar-refractivity contribution is 6.18. The Labute approximate surface area is 100 Å². The number of ether oxygens (including phenoxy) is 1. The molecular weight excluding hydrogens is 239 g/mol. The minimum Gasteiger partial charge on any atom is -0.393 e. The molecule has 15 heavy (non-hydrogen) atoms. The van der Waals surface area contributed by atoms with Gasteiger partial charge >= 0.3 is 11.9 Å². The molecule has 0 bridgehead atoms. The summed E-state index contributed by atoms with van der Waals surface area (Å²) < 4.78 is 4.58. The Bertz CT molecular complexity index is 175. The highest BCUT2D eigenvalue weighted by Crippen LogP contribution is 2.03. The van der Waals surface area contributed by atoms with E-state index in [-0.39, 0.29) is 12.8 Å². The van der Waals surface area contributed by atoms with Crippen LogP contribution >= 0.6 is 23.2 Å². The van der Waals surface area contributed by atoms with Gasteiger partial charge in [0.15, 0.2) is 0 Å². The maximum Gasteiger partial charge on any atom is 0.313 e. The zero-order valence-corrected chi connectivity index (χ0v) is 10.1. The molecule has 0 fully saturated rings. The van der Waals surface area contributed by atoms with Crippen LogP contribution in [0.4, 0.5) is 0 Å². The minimum absolute atomic E-state index is 0.258. The third-order valence-electron chi connectivity index (χ3n) is 1.76. The van der Waals surface area contributed by atoms with Crippen LogP contribution in [0, 0.1) is 0 Å². The van der Waals surface area contributed by atoms with Gasteiger partial charge in [-0.05, 0) is 25.7 Å². The number of carbonyl (C=O) groups is 2. The van der Waals surface area contributed by atoms with Crippen molar-refractivity contribution in [1.29, 1.82) is 0 Å². The van der Waals surface area contributed by atoms with Gasteiger partial charge in [0.1, 0.15) is 0 Å². The van der Waals surface area contributed by atoms with Gasteiger partial charge in [-0.1, -0.05) is 0 Å². The Morgan fingerprint density at radius 1 is 0.800 bits per heavy atom. The fraction of sp³-hybridized carbons (Fsp3) is 0.800. The predicted octanol–water partition coefficient (Wildman–Crippen LogP) is 2.87. The van der Waals surface area contributed by atoms with Crippen LogP contribution in [0.15, 0.2) is 0 Å². The summed E-state index contributed by atoms with van der Waals surface area (Å²) in [5, 5.41) is 0. The van der Waals surface area contributed by atoms with Crippen LogP contribution in [0.2, 0.25) is 0 Å². The fourth-order valence-corrected chi connectivity index (χ4v) is 1.33. The third-order valence-corrected chi connectivity index (χ3v) is 2.29. The van der Waals surface area contributed by atoms with E-state index in [1.165, 1.54) is 0 Å². The van der Waals surface area contributed by atoms with Crippen molar-refractivity contribution < 1.29 is 14.3 Å². The molecule has 0 N–H and O–H groups in total. The van der Waals surface area contributed by atoms with E-state index in [4.69, 9.17) is 23.2 Å². The highest BCUT2D eigenvalue weighted by Gasteiger charge is 2.09. The maximum atomic E-state index is 11.0. The Morgan fingerprint density at radius 2 is 1.20 bits per heavy atom. The van der Waals surface area contributed by atoms with Crippen LogP contribution in [-0.2, 0) is 14.3 Å². The molecule has 3 nitrogen and oxygen atoms in total. The van der Waals surface area contributed by atoms with E-state index in [1.807, 2.05) is 0 Å². The predicted molar refractivity (Wildman–Crippen MR) is 60.2 cm³/mol. The SMILES string of the molecule is O=C(CCCCCl)OC(=O)CCCCCl. The molecule has 0 radical (unpaired) electrons. The summed E-state index contributed by atoms with van der Waals surface area (Å²) in [7, 11) is 0. The van der Waals surface area contributed by atoms with Gasteiger partial charge in [-0.25, -0.2) is 0 Å². The molecule has 0 aliphatic carbocycles. The summed E-state index contributed by atoms with van der Waals surface area (Å²) in [4.78, 5) is 22.1. The van der Waals surface area contributed by atoms with Crippen molar-refractivity contribution in [3.63, 3.8) is 0 Å². The molecule has 0 aliphatic heterocycles. The van der Waals surface area contributed by atoms with Gasteiger partial charge in [-0.3, -0.25) is 9.59 Å². The van der Waals surface area contributed by atoms with Crippen LogP contribution in [0.3, 0.4) is 0 Å². The third kappa shape index (κ3) is 10.0. The van der Waals surface area contributed by atoms with Crippen LogP contribution in [0.25, 0.3) is 0 Å². The van der Waals surface area contributed by atoms with Gasteiger partial charge in [0.25, 0.3) is 0 Å². The first-order valence-electron chi connectivity index (χ1n) is 5.06. The molecule has 0 spiro atoms. The smallest absolute Gasteiger partial charge is 0.313 e. The number of rotatable bonds is 8. The second-order valence-electron chi connectivity index (χ2n) is 3.14. The molecule has 0 aliphatic rings. The first-order valence-corrected chi connectivity index (χ1v) is 6.13. The van der Waals surface area contributed by atoms with E-state index < -0.39 is 11.9 Å². The lowest BCUT2D eigenvalue weighted by Crippen LogP contribution is -2.11. The minimum atomic E-state index is -0.462. The Hall–Kier alpha value is -0.280. The largest absolute Gasteiger partial charge is 0.393 e. The number of carbonyl (C=O) groups excluding carboxylic acids is 2. The van der Waals surface area contributed by atoms with Crippen molar-refractivity contribution in [3.05, 3.63) is 0 Å². The molecule has 0 saturated carbocycles. The molecule has 0 heterocycles. The molecule has 0 unspecified atom stereocenters. The van der Waals surface area contributed by atoms with Crippen LogP contribution in [-0.4, -0.2) is 23.7 Å². The van der Waals surface area contributed by atoms with E-state index in [0.29, 0.717) is 24.6 Å². The number of alkyl halides is 2. The van der Waals surface area contributed by atoms with Gasteiger partial charge in [0.05, 0.1) is 0 Å². The molecule has 88 valence electrons. The zero-order chi connectivity index (χ0) is 11.5. The van der Waals surface area contributed by atoms with Crippen molar-refractivity contribution >= 4 is 35.1 Å². The van der Waals surface area contributed by atoms with E-state index in [1.54, 1.807) is 0 Å². The first kappa shape index (κ1) is 14.7. The molecule has 0 rings (SSSR count). The van der Waals surface area contributed by atoms with Crippen molar-refractivity contribution in [1.82, 2.24) is 0 Å². The van der Waals surface area contributed by atoms with Crippen LogP contribution < -0.4 is 0 Å². The Balaban J connectivity index is 3.45. The standard InChI is InChI=1S/C10H16Cl2O3/c11-7-3-1-5-9(13)15-10(14)6-2-4-8-12/h1-8H2. The Morgan fingerprint density at radius 3 is 1.53 bits per heavy atom. The van der Waals surface area contributed by atoms with Gasteiger partial charge < -0.3 is 4.74 Å². The molecule has 0 amide bonds. The van der Waals surface area contributed by atoms with Gasteiger partial charge in [0.2, 0.25) is 0 Å². The topological polar surface area (TPSA) is 43.4 Å². The summed E-state index contributed by atoms with van der Waals surface area (Å²) in [5.74, 6) is 0.125. The number of halogens is 2. The van der Waals surface area contributed by atoms with E-state index in [2.05, 4.69) is 4.74 Å². The lowest BCUT2D eigenvalue weighted by Gasteiger charge is -2.01. The average molecular weight is 255 g/mol. The quantitative estimate of drug-likeness (QED) is 0.290. The molecule has 5 heteroatoms. The normalized spacial score (nSPS) is 10.0. The number of unbranched alkanes of at least 4 members (excludes halogenated alkanes) is 2. The number of hydrogen-bond donors (Lipinski definition) is 0.